The normalized spacial score (nSPS) is 23.1. The molecule has 0 amide bonds. The third-order valence-corrected chi connectivity index (χ3v) is 4.08. The predicted octanol–water partition coefficient (Wildman–Crippen LogP) is 2.56. The molecule has 7 heteroatoms. The van der Waals surface area contributed by atoms with Gasteiger partial charge >= 0.3 is 5.69 Å². The Hall–Kier alpha value is -1.63. The number of nitrogens with zero attached hydrogens (tertiary/aromatic N) is 3. The van der Waals surface area contributed by atoms with Crippen molar-refractivity contribution in [3.05, 3.63) is 15.8 Å². The third kappa shape index (κ3) is 3.34. The van der Waals surface area contributed by atoms with Gasteiger partial charge in [-0.2, -0.15) is 5.10 Å². The van der Waals surface area contributed by atoms with Crippen LogP contribution in [-0.4, -0.2) is 32.0 Å². The van der Waals surface area contributed by atoms with E-state index in [9.17, 15) is 15.2 Å². The smallest absolute Gasteiger partial charge is 0.334 e. The Kier molecular flexibility index (Phi) is 4.82. The molecule has 0 bridgehead atoms. The molecule has 2 atom stereocenters. The zero-order valence-corrected chi connectivity index (χ0v) is 12.9. The van der Waals surface area contributed by atoms with E-state index in [1.165, 1.54) is 4.68 Å². The summed E-state index contributed by atoms with van der Waals surface area (Å²) in [6, 6.07) is -0.151. The van der Waals surface area contributed by atoms with Gasteiger partial charge in [0.25, 0.3) is 0 Å². The summed E-state index contributed by atoms with van der Waals surface area (Å²) in [6.45, 7) is 3.78. The SMILES string of the molecule is CC(C)c1nn(C)c(NC2CCCCCC2O)c1[N+](=O)[O-]. The Morgan fingerprint density at radius 1 is 1.38 bits per heavy atom. The van der Waals surface area contributed by atoms with Crippen molar-refractivity contribution in [3.8, 4) is 0 Å². The molecule has 1 aliphatic rings. The van der Waals surface area contributed by atoms with Gasteiger partial charge in [0.05, 0.1) is 17.1 Å². The van der Waals surface area contributed by atoms with Crippen LogP contribution in [0.2, 0.25) is 0 Å². The van der Waals surface area contributed by atoms with E-state index in [1.807, 2.05) is 13.8 Å². The second-order valence-corrected chi connectivity index (χ2v) is 6.07. The molecule has 2 N–H and O–H groups in total. The fourth-order valence-corrected chi connectivity index (χ4v) is 2.90. The number of aliphatic hydroxyl groups is 1. The summed E-state index contributed by atoms with van der Waals surface area (Å²) in [5.74, 6) is 0.376. The monoisotopic (exact) mass is 296 g/mol. The standard InChI is InChI=1S/C14H24N4O3/c1-9(2)12-13(18(20)21)14(17(3)16-12)15-10-7-5-4-6-8-11(10)19/h9-11,15,19H,4-8H2,1-3H3. The van der Waals surface area contributed by atoms with E-state index < -0.39 is 6.10 Å². The van der Waals surface area contributed by atoms with Gasteiger partial charge in [0.1, 0.15) is 5.69 Å². The molecule has 1 aliphatic carbocycles. The van der Waals surface area contributed by atoms with Crippen LogP contribution in [0.4, 0.5) is 11.5 Å². The molecule has 1 fully saturated rings. The average Bonchev–Trinajstić information content (AvgIpc) is 2.60. The first-order chi connectivity index (χ1) is 9.91. The zero-order chi connectivity index (χ0) is 15.6. The van der Waals surface area contributed by atoms with Crippen molar-refractivity contribution in [1.82, 2.24) is 9.78 Å². The quantitative estimate of drug-likeness (QED) is 0.506. The van der Waals surface area contributed by atoms with Crippen LogP contribution in [0.3, 0.4) is 0 Å². The van der Waals surface area contributed by atoms with Crippen molar-refractivity contribution in [3.63, 3.8) is 0 Å². The van der Waals surface area contributed by atoms with Crippen LogP contribution in [0.15, 0.2) is 0 Å². The van der Waals surface area contributed by atoms with E-state index >= 15 is 0 Å². The van der Waals surface area contributed by atoms with Crippen LogP contribution in [0.25, 0.3) is 0 Å². The molecule has 0 aromatic carbocycles. The number of aliphatic hydroxyl groups excluding tert-OH is 1. The van der Waals surface area contributed by atoms with Gasteiger partial charge in [-0.05, 0) is 12.8 Å². The molecule has 2 rings (SSSR count). The Morgan fingerprint density at radius 3 is 2.67 bits per heavy atom. The molecule has 0 radical (unpaired) electrons. The van der Waals surface area contributed by atoms with Gasteiger partial charge in [0.15, 0.2) is 0 Å². The number of hydrogen-bond donors (Lipinski definition) is 2. The van der Waals surface area contributed by atoms with E-state index in [1.54, 1.807) is 7.05 Å². The maximum Gasteiger partial charge on any atom is 0.334 e. The highest BCUT2D eigenvalue weighted by molar-refractivity contribution is 5.61. The largest absolute Gasteiger partial charge is 0.391 e. The third-order valence-electron chi connectivity index (χ3n) is 4.08. The summed E-state index contributed by atoms with van der Waals surface area (Å²) in [6.07, 6.45) is 4.21. The fourth-order valence-electron chi connectivity index (χ4n) is 2.90. The summed E-state index contributed by atoms with van der Waals surface area (Å²) in [4.78, 5) is 11.0. The summed E-state index contributed by atoms with van der Waals surface area (Å²) in [5.41, 5.74) is 0.511. The summed E-state index contributed by atoms with van der Waals surface area (Å²) >= 11 is 0. The number of aromatic nitrogens is 2. The maximum atomic E-state index is 11.4. The second-order valence-electron chi connectivity index (χ2n) is 6.07. The Balaban J connectivity index is 2.32. The minimum atomic E-state index is -0.468. The van der Waals surface area contributed by atoms with Gasteiger partial charge in [0.2, 0.25) is 5.82 Å². The van der Waals surface area contributed by atoms with Crippen molar-refractivity contribution in [2.45, 2.75) is 64.0 Å². The van der Waals surface area contributed by atoms with Gasteiger partial charge in [-0.25, -0.2) is 4.68 Å². The van der Waals surface area contributed by atoms with Crippen molar-refractivity contribution >= 4 is 11.5 Å². The van der Waals surface area contributed by atoms with Crippen molar-refractivity contribution in [2.24, 2.45) is 7.05 Å². The average molecular weight is 296 g/mol. The molecule has 0 saturated heterocycles. The van der Waals surface area contributed by atoms with E-state index in [4.69, 9.17) is 0 Å². The van der Waals surface area contributed by atoms with Crippen LogP contribution in [0.5, 0.6) is 0 Å². The summed E-state index contributed by atoms with van der Waals surface area (Å²) in [5, 5.41) is 29.0. The molecule has 1 heterocycles. The number of rotatable bonds is 4. The molecule has 7 nitrogen and oxygen atoms in total. The first-order valence-corrected chi connectivity index (χ1v) is 7.57. The molecule has 1 aromatic rings. The van der Waals surface area contributed by atoms with Gasteiger partial charge in [-0.1, -0.05) is 33.1 Å². The maximum absolute atomic E-state index is 11.4. The van der Waals surface area contributed by atoms with E-state index in [0.29, 0.717) is 11.5 Å². The molecule has 1 saturated carbocycles. The zero-order valence-electron chi connectivity index (χ0n) is 12.9. The van der Waals surface area contributed by atoms with Crippen molar-refractivity contribution in [1.29, 1.82) is 0 Å². The van der Waals surface area contributed by atoms with Gasteiger partial charge < -0.3 is 10.4 Å². The lowest BCUT2D eigenvalue weighted by atomic mass is 10.1. The predicted molar refractivity (Wildman–Crippen MR) is 80.5 cm³/mol. The Bertz CT molecular complexity index is 513. The molecular formula is C14H24N4O3. The van der Waals surface area contributed by atoms with Crippen LogP contribution in [-0.2, 0) is 7.05 Å². The highest BCUT2D eigenvalue weighted by Crippen LogP contribution is 2.34. The molecule has 21 heavy (non-hydrogen) atoms. The molecule has 0 spiro atoms. The number of aryl methyl sites for hydroxylation is 1. The lowest BCUT2D eigenvalue weighted by Crippen LogP contribution is -2.33. The van der Waals surface area contributed by atoms with Crippen LogP contribution in [0, 0.1) is 10.1 Å². The van der Waals surface area contributed by atoms with E-state index in [-0.39, 0.29) is 22.6 Å². The molecular weight excluding hydrogens is 272 g/mol. The van der Waals surface area contributed by atoms with Gasteiger partial charge in [0, 0.05) is 13.0 Å². The molecule has 0 aliphatic heterocycles. The lowest BCUT2D eigenvalue weighted by Gasteiger charge is -2.22. The van der Waals surface area contributed by atoms with Crippen molar-refractivity contribution in [2.75, 3.05) is 5.32 Å². The number of nitro groups is 1. The Labute approximate surface area is 124 Å². The molecule has 118 valence electrons. The Morgan fingerprint density at radius 2 is 2.05 bits per heavy atom. The van der Waals surface area contributed by atoms with Crippen LogP contribution < -0.4 is 5.32 Å². The fraction of sp³-hybridized carbons (Fsp3) is 0.786. The van der Waals surface area contributed by atoms with Gasteiger partial charge in [-0.3, -0.25) is 10.1 Å². The first-order valence-electron chi connectivity index (χ1n) is 7.57. The van der Waals surface area contributed by atoms with Crippen LogP contribution in [0.1, 0.15) is 57.6 Å². The second kappa shape index (κ2) is 6.43. The van der Waals surface area contributed by atoms with E-state index in [2.05, 4.69) is 10.4 Å². The topological polar surface area (TPSA) is 93.2 Å². The van der Waals surface area contributed by atoms with Crippen molar-refractivity contribution < 1.29 is 10.0 Å². The summed E-state index contributed by atoms with van der Waals surface area (Å²) in [7, 11) is 1.70. The lowest BCUT2D eigenvalue weighted by molar-refractivity contribution is -0.384. The van der Waals surface area contributed by atoms with Gasteiger partial charge in [-0.15, -0.1) is 0 Å². The molecule has 1 aromatic heterocycles. The number of hydrogen-bond acceptors (Lipinski definition) is 5. The minimum absolute atomic E-state index is 0.0220. The first kappa shape index (κ1) is 15.8. The summed E-state index contributed by atoms with van der Waals surface area (Å²) < 4.78 is 1.52. The number of anilines is 1. The minimum Gasteiger partial charge on any atom is -0.391 e. The van der Waals surface area contributed by atoms with E-state index in [0.717, 1.165) is 32.1 Å². The molecule has 2 unspecified atom stereocenters. The highest BCUT2D eigenvalue weighted by atomic mass is 16.6. The highest BCUT2D eigenvalue weighted by Gasteiger charge is 2.31. The van der Waals surface area contributed by atoms with Crippen LogP contribution >= 0.6 is 0 Å². The number of nitrogens with one attached hydrogen (secondary N) is 1.